The molecule has 0 spiro atoms. The van der Waals surface area contributed by atoms with Crippen molar-refractivity contribution >= 4 is 11.5 Å². The SMILES string of the molecule is COc1cc(OC)cc(-c2cc3nc(-c4ccccc4)cc(N4CCC(C)CC4)n3n2)c1. The van der Waals surface area contributed by atoms with Crippen molar-refractivity contribution < 1.29 is 9.47 Å². The maximum Gasteiger partial charge on any atom is 0.158 e. The fourth-order valence-electron chi connectivity index (χ4n) is 4.27. The monoisotopic (exact) mass is 428 g/mol. The Morgan fingerprint density at radius 3 is 2.16 bits per heavy atom. The van der Waals surface area contributed by atoms with Gasteiger partial charge in [0.15, 0.2) is 5.65 Å². The number of methoxy groups -OCH3 is 2. The highest BCUT2D eigenvalue weighted by molar-refractivity contribution is 5.72. The number of anilines is 1. The Kier molecular flexibility index (Phi) is 5.43. The predicted octanol–water partition coefficient (Wildman–Crippen LogP) is 5.32. The van der Waals surface area contributed by atoms with E-state index in [0.717, 1.165) is 64.5 Å². The summed E-state index contributed by atoms with van der Waals surface area (Å²) in [6.07, 6.45) is 2.37. The zero-order valence-electron chi connectivity index (χ0n) is 18.8. The topological polar surface area (TPSA) is 51.9 Å². The van der Waals surface area contributed by atoms with E-state index < -0.39 is 0 Å². The number of rotatable bonds is 5. The van der Waals surface area contributed by atoms with Gasteiger partial charge < -0.3 is 14.4 Å². The molecule has 0 saturated carbocycles. The van der Waals surface area contributed by atoms with Crippen LogP contribution in [0, 0.1) is 5.92 Å². The molecule has 1 fully saturated rings. The molecule has 0 aliphatic carbocycles. The summed E-state index contributed by atoms with van der Waals surface area (Å²) < 4.78 is 12.9. The van der Waals surface area contributed by atoms with Gasteiger partial charge in [-0.3, -0.25) is 0 Å². The highest BCUT2D eigenvalue weighted by Crippen LogP contribution is 2.32. The van der Waals surface area contributed by atoms with Crippen molar-refractivity contribution in [3.05, 3.63) is 60.7 Å². The summed E-state index contributed by atoms with van der Waals surface area (Å²) in [6.45, 7) is 4.38. The Hall–Kier alpha value is -3.54. The van der Waals surface area contributed by atoms with Crippen LogP contribution in [0.5, 0.6) is 11.5 Å². The van der Waals surface area contributed by atoms with Crippen LogP contribution in [0.2, 0.25) is 0 Å². The van der Waals surface area contributed by atoms with Gasteiger partial charge in [-0.15, -0.1) is 0 Å². The molecular formula is C26H28N4O2. The molecule has 1 aliphatic heterocycles. The molecule has 0 unspecified atom stereocenters. The van der Waals surface area contributed by atoms with Gasteiger partial charge in [0, 0.05) is 42.4 Å². The van der Waals surface area contributed by atoms with E-state index in [-0.39, 0.29) is 0 Å². The van der Waals surface area contributed by atoms with Crippen LogP contribution in [0.4, 0.5) is 5.82 Å². The minimum Gasteiger partial charge on any atom is -0.497 e. The largest absolute Gasteiger partial charge is 0.497 e. The van der Waals surface area contributed by atoms with Crippen molar-refractivity contribution in [2.75, 3.05) is 32.2 Å². The van der Waals surface area contributed by atoms with Crippen molar-refractivity contribution in [2.24, 2.45) is 5.92 Å². The summed E-state index contributed by atoms with van der Waals surface area (Å²) >= 11 is 0. The molecule has 4 aromatic rings. The lowest BCUT2D eigenvalue weighted by Crippen LogP contribution is -2.34. The lowest BCUT2D eigenvalue weighted by molar-refractivity contribution is 0.394. The second kappa shape index (κ2) is 8.54. The van der Waals surface area contributed by atoms with E-state index in [1.54, 1.807) is 14.2 Å². The summed E-state index contributed by atoms with van der Waals surface area (Å²) in [5.41, 5.74) is 4.67. The highest BCUT2D eigenvalue weighted by Gasteiger charge is 2.21. The molecule has 5 rings (SSSR count). The molecule has 0 radical (unpaired) electrons. The average Bonchev–Trinajstić information content (AvgIpc) is 3.28. The van der Waals surface area contributed by atoms with Crippen molar-refractivity contribution in [1.82, 2.24) is 14.6 Å². The molecule has 1 aliphatic rings. The van der Waals surface area contributed by atoms with Crippen molar-refractivity contribution in [2.45, 2.75) is 19.8 Å². The van der Waals surface area contributed by atoms with E-state index in [1.165, 1.54) is 12.8 Å². The molecule has 0 bridgehead atoms. The number of piperidine rings is 1. The molecule has 3 heterocycles. The van der Waals surface area contributed by atoms with Gasteiger partial charge in [-0.05, 0) is 30.9 Å². The minimum atomic E-state index is 0.736. The highest BCUT2D eigenvalue weighted by atomic mass is 16.5. The number of benzene rings is 2. The minimum absolute atomic E-state index is 0.736. The van der Waals surface area contributed by atoms with E-state index in [1.807, 2.05) is 47.0 Å². The van der Waals surface area contributed by atoms with Gasteiger partial charge in [0.05, 0.1) is 25.6 Å². The lowest BCUT2D eigenvalue weighted by atomic mass is 9.99. The lowest BCUT2D eigenvalue weighted by Gasteiger charge is -2.32. The number of hydrogen-bond acceptors (Lipinski definition) is 5. The fourth-order valence-corrected chi connectivity index (χ4v) is 4.27. The maximum absolute atomic E-state index is 5.46. The normalized spacial score (nSPS) is 14.7. The van der Waals surface area contributed by atoms with Gasteiger partial charge in [0.1, 0.15) is 17.3 Å². The Labute approximate surface area is 188 Å². The van der Waals surface area contributed by atoms with E-state index in [9.17, 15) is 0 Å². The third kappa shape index (κ3) is 3.88. The van der Waals surface area contributed by atoms with Gasteiger partial charge in [-0.2, -0.15) is 9.61 Å². The molecule has 6 nitrogen and oxygen atoms in total. The number of nitrogens with zero attached hydrogens (tertiary/aromatic N) is 4. The van der Waals surface area contributed by atoms with Crippen molar-refractivity contribution in [3.8, 4) is 34.0 Å². The first-order valence-electron chi connectivity index (χ1n) is 11.1. The van der Waals surface area contributed by atoms with Crippen LogP contribution >= 0.6 is 0 Å². The first kappa shape index (κ1) is 20.4. The second-order valence-electron chi connectivity index (χ2n) is 8.44. The van der Waals surface area contributed by atoms with E-state index >= 15 is 0 Å². The zero-order chi connectivity index (χ0) is 22.1. The molecule has 32 heavy (non-hydrogen) atoms. The Morgan fingerprint density at radius 2 is 1.50 bits per heavy atom. The molecule has 2 aromatic heterocycles. The number of ether oxygens (including phenoxy) is 2. The molecule has 0 N–H and O–H groups in total. The molecular weight excluding hydrogens is 400 g/mol. The Balaban J connectivity index is 1.66. The number of fused-ring (bicyclic) bond motifs is 1. The molecule has 1 saturated heterocycles. The van der Waals surface area contributed by atoms with Gasteiger partial charge in [-0.1, -0.05) is 37.3 Å². The van der Waals surface area contributed by atoms with Crippen molar-refractivity contribution in [1.29, 1.82) is 0 Å². The predicted molar refractivity (Wildman–Crippen MR) is 128 cm³/mol. The average molecular weight is 429 g/mol. The third-order valence-electron chi connectivity index (χ3n) is 6.23. The zero-order valence-corrected chi connectivity index (χ0v) is 18.8. The second-order valence-corrected chi connectivity index (χ2v) is 8.44. The number of aromatic nitrogens is 3. The summed E-state index contributed by atoms with van der Waals surface area (Å²) in [7, 11) is 3.32. The Morgan fingerprint density at radius 1 is 0.812 bits per heavy atom. The smallest absolute Gasteiger partial charge is 0.158 e. The van der Waals surface area contributed by atoms with E-state index in [2.05, 4.69) is 30.0 Å². The van der Waals surface area contributed by atoms with Gasteiger partial charge in [-0.25, -0.2) is 4.98 Å². The maximum atomic E-state index is 5.46. The molecule has 164 valence electrons. The van der Waals surface area contributed by atoms with Crippen LogP contribution in [0.15, 0.2) is 60.7 Å². The van der Waals surface area contributed by atoms with Gasteiger partial charge >= 0.3 is 0 Å². The molecule has 0 amide bonds. The van der Waals surface area contributed by atoms with Crippen LogP contribution in [0.1, 0.15) is 19.8 Å². The van der Waals surface area contributed by atoms with Gasteiger partial charge in [0.2, 0.25) is 0 Å². The standard InChI is InChI=1S/C26H28N4O2/c1-18-9-11-29(12-10-18)26-17-23(19-7-5-4-6-8-19)27-25-16-24(28-30(25)26)20-13-21(31-2)15-22(14-20)32-3/h4-8,13-18H,9-12H2,1-3H3. The molecule has 6 heteroatoms. The van der Waals surface area contributed by atoms with E-state index in [0.29, 0.717) is 0 Å². The van der Waals surface area contributed by atoms with E-state index in [4.69, 9.17) is 19.6 Å². The van der Waals surface area contributed by atoms with Crippen LogP contribution in [-0.2, 0) is 0 Å². The van der Waals surface area contributed by atoms with Crippen LogP contribution in [-0.4, -0.2) is 41.9 Å². The number of hydrogen-bond donors (Lipinski definition) is 0. The first-order chi connectivity index (χ1) is 15.6. The summed E-state index contributed by atoms with van der Waals surface area (Å²) in [5.74, 6) is 3.32. The van der Waals surface area contributed by atoms with Crippen LogP contribution < -0.4 is 14.4 Å². The fraction of sp³-hybridized carbons (Fsp3) is 0.308. The summed E-state index contributed by atoms with van der Waals surface area (Å²) in [4.78, 5) is 7.39. The molecule has 2 aromatic carbocycles. The summed E-state index contributed by atoms with van der Waals surface area (Å²) in [5, 5.41) is 4.96. The van der Waals surface area contributed by atoms with Gasteiger partial charge in [0.25, 0.3) is 0 Å². The quantitative estimate of drug-likeness (QED) is 0.431. The molecule has 0 atom stereocenters. The van der Waals surface area contributed by atoms with Crippen LogP contribution in [0.25, 0.3) is 28.2 Å². The third-order valence-corrected chi connectivity index (χ3v) is 6.23. The van der Waals surface area contributed by atoms with Crippen LogP contribution in [0.3, 0.4) is 0 Å². The van der Waals surface area contributed by atoms with Crippen molar-refractivity contribution in [3.63, 3.8) is 0 Å². The first-order valence-corrected chi connectivity index (χ1v) is 11.1. The Bertz CT molecular complexity index is 1210. The summed E-state index contributed by atoms with van der Waals surface area (Å²) in [6, 6.07) is 20.4.